The Bertz CT molecular complexity index is 988. The van der Waals surface area contributed by atoms with E-state index in [1.165, 1.54) is 0 Å². The number of benzene rings is 2. The number of esters is 2. The lowest BCUT2D eigenvalue weighted by atomic mass is 10.0. The Labute approximate surface area is 205 Å². The van der Waals surface area contributed by atoms with Crippen molar-refractivity contribution in [1.29, 1.82) is 0 Å². The Balaban J connectivity index is 2.06. The summed E-state index contributed by atoms with van der Waals surface area (Å²) in [5, 5.41) is 0. The van der Waals surface area contributed by atoms with Crippen molar-refractivity contribution in [2.24, 2.45) is 0 Å². The molecule has 0 N–H and O–H groups in total. The van der Waals surface area contributed by atoms with Crippen molar-refractivity contribution in [1.82, 2.24) is 0 Å². The zero-order chi connectivity index (χ0) is 26.2. The molecule has 0 spiro atoms. The summed E-state index contributed by atoms with van der Waals surface area (Å²) in [6, 6.07) is 10.1. The van der Waals surface area contributed by atoms with E-state index in [0.717, 1.165) is 11.1 Å². The summed E-state index contributed by atoms with van der Waals surface area (Å²) in [6.07, 6.45) is 1.73. The van der Waals surface area contributed by atoms with Gasteiger partial charge in [-0.25, -0.2) is 9.59 Å². The molecule has 0 bridgehead atoms. The summed E-state index contributed by atoms with van der Waals surface area (Å²) < 4.78 is 21.3. The molecule has 0 heterocycles. The van der Waals surface area contributed by atoms with Crippen molar-refractivity contribution in [2.75, 3.05) is 13.2 Å². The fraction of sp³-hybridized carbons (Fsp3) is 0.407. The smallest absolute Gasteiger partial charge is 0.344 e. The van der Waals surface area contributed by atoms with Crippen molar-refractivity contribution < 1.29 is 38.1 Å². The molecule has 0 fully saturated rings. The second-order valence-corrected chi connectivity index (χ2v) is 9.91. The monoisotopic (exact) mass is 484 g/mol. The van der Waals surface area contributed by atoms with Crippen LogP contribution >= 0.6 is 0 Å². The van der Waals surface area contributed by atoms with Gasteiger partial charge in [-0.1, -0.05) is 12.1 Å². The van der Waals surface area contributed by atoms with Gasteiger partial charge in [-0.05, 0) is 83.4 Å². The van der Waals surface area contributed by atoms with Crippen molar-refractivity contribution >= 4 is 24.5 Å². The molecule has 0 amide bonds. The number of carbonyl (C=O) groups excluding carboxylic acids is 4. The molecule has 8 nitrogen and oxygen atoms in total. The van der Waals surface area contributed by atoms with Crippen LogP contribution in [0.3, 0.4) is 0 Å². The second kappa shape index (κ2) is 11.6. The maximum absolute atomic E-state index is 11.9. The highest BCUT2D eigenvalue weighted by atomic mass is 16.6. The van der Waals surface area contributed by atoms with Gasteiger partial charge in [0.15, 0.2) is 25.8 Å². The molecule has 188 valence electrons. The molecule has 0 aliphatic carbocycles. The largest absolute Gasteiger partial charge is 0.481 e. The van der Waals surface area contributed by atoms with Crippen LogP contribution in [0.5, 0.6) is 11.5 Å². The van der Waals surface area contributed by atoms with E-state index in [1.54, 1.807) is 77.9 Å². The minimum absolute atomic E-state index is 0.272. The van der Waals surface area contributed by atoms with Crippen molar-refractivity contribution in [3.05, 3.63) is 58.7 Å². The SMILES string of the molecule is CC(C)(C)OC(=O)COc1ccc(Cc2ccc(OCC(=O)OC(C)(C)C)c(C=O)c2)cc1C=O. The zero-order valence-corrected chi connectivity index (χ0v) is 21.0. The van der Waals surface area contributed by atoms with E-state index >= 15 is 0 Å². The van der Waals surface area contributed by atoms with Crippen LogP contribution in [0.1, 0.15) is 73.4 Å². The average Bonchev–Trinajstić information content (AvgIpc) is 2.74. The molecule has 2 aromatic rings. The number of ether oxygens (including phenoxy) is 4. The molecule has 0 saturated heterocycles. The number of aldehydes is 2. The molecule has 0 aliphatic heterocycles. The molecule has 0 aliphatic rings. The van der Waals surface area contributed by atoms with Gasteiger partial charge in [-0.15, -0.1) is 0 Å². The first-order valence-corrected chi connectivity index (χ1v) is 11.1. The Morgan fingerprint density at radius 1 is 0.686 bits per heavy atom. The van der Waals surface area contributed by atoms with E-state index in [4.69, 9.17) is 18.9 Å². The number of hydrogen-bond donors (Lipinski definition) is 0. The third-order valence-electron chi connectivity index (χ3n) is 4.34. The topological polar surface area (TPSA) is 105 Å². The summed E-state index contributed by atoms with van der Waals surface area (Å²) in [4.78, 5) is 46.9. The van der Waals surface area contributed by atoms with Gasteiger partial charge in [0.05, 0.1) is 11.1 Å². The molecule has 0 unspecified atom stereocenters. The lowest BCUT2D eigenvalue weighted by Crippen LogP contribution is -2.27. The van der Waals surface area contributed by atoms with Crippen LogP contribution in [0.15, 0.2) is 36.4 Å². The molecular formula is C27H32O8. The molecule has 0 atom stereocenters. The normalized spacial score (nSPS) is 11.4. The fourth-order valence-electron chi connectivity index (χ4n) is 3.11. The van der Waals surface area contributed by atoms with Gasteiger partial charge in [0, 0.05) is 0 Å². The minimum atomic E-state index is -0.630. The summed E-state index contributed by atoms with van der Waals surface area (Å²) in [5.74, 6) is -0.522. The predicted octanol–water partition coefficient (Wildman–Crippen LogP) is 4.34. The van der Waals surface area contributed by atoms with Crippen molar-refractivity contribution in [3.63, 3.8) is 0 Å². The second-order valence-electron chi connectivity index (χ2n) is 9.91. The van der Waals surface area contributed by atoms with Crippen LogP contribution in [-0.4, -0.2) is 48.9 Å². The van der Waals surface area contributed by atoms with Gasteiger partial charge < -0.3 is 18.9 Å². The molecule has 0 saturated carbocycles. The van der Waals surface area contributed by atoms with Crippen LogP contribution in [0.2, 0.25) is 0 Å². The maximum atomic E-state index is 11.9. The third-order valence-corrected chi connectivity index (χ3v) is 4.34. The molecular weight excluding hydrogens is 452 g/mol. The van der Waals surface area contributed by atoms with Gasteiger partial charge >= 0.3 is 11.9 Å². The fourth-order valence-corrected chi connectivity index (χ4v) is 3.11. The third kappa shape index (κ3) is 9.60. The number of carbonyl (C=O) groups is 4. The molecule has 2 rings (SSSR count). The zero-order valence-electron chi connectivity index (χ0n) is 21.0. The molecule has 0 aromatic heterocycles. The van der Waals surface area contributed by atoms with E-state index in [0.29, 0.717) is 30.1 Å². The Kier molecular flexibility index (Phi) is 9.17. The van der Waals surface area contributed by atoms with Crippen LogP contribution < -0.4 is 9.47 Å². The van der Waals surface area contributed by atoms with Crippen molar-refractivity contribution in [3.8, 4) is 11.5 Å². The van der Waals surface area contributed by atoms with Gasteiger partial charge in [-0.3, -0.25) is 9.59 Å². The number of hydrogen-bond acceptors (Lipinski definition) is 8. The van der Waals surface area contributed by atoms with E-state index in [9.17, 15) is 19.2 Å². The van der Waals surface area contributed by atoms with E-state index in [1.807, 2.05) is 0 Å². The first-order valence-electron chi connectivity index (χ1n) is 11.1. The highest BCUT2D eigenvalue weighted by Crippen LogP contribution is 2.24. The maximum Gasteiger partial charge on any atom is 0.344 e. The average molecular weight is 485 g/mol. The predicted molar refractivity (Wildman–Crippen MR) is 129 cm³/mol. The van der Waals surface area contributed by atoms with Crippen LogP contribution in [-0.2, 0) is 25.5 Å². The first kappa shape index (κ1) is 27.6. The Morgan fingerprint density at radius 2 is 1.06 bits per heavy atom. The molecule has 8 heteroatoms. The molecule has 35 heavy (non-hydrogen) atoms. The van der Waals surface area contributed by atoms with Crippen molar-refractivity contribution in [2.45, 2.75) is 59.2 Å². The van der Waals surface area contributed by atoms with Crippen LogP contribution in [0.4, 0.5) is 0 Å². The van der Waals surface area contributed by atoms with Gasteiger partial charge in [0.2, 0.25) is 0 Å². The van der Waals surface area contributed by atoms with Crippen LogP contribution in [0, 0.1) is 0 Å². The minimum Gasteiger partial charge on any atom is -0.481 e. The Hall–Kier alpha value is -3.68. The summed E-state index contributed by atoms with van der Waals surface area (Å²) >= 11 is 0. The lowest BCUT2D eigenvalue weighted by Gasteiger charge is -2.19. The Morgan fingerprint density at radius 3 is 1.37 bits per heavy atom. The summed E-state index contributed by atoms with van der Waals surface area (Å²) in [7, 11) is 0. The lowest BCUT2D eigenvalue weighted by molar-refractivity contribution is -0.158. The highest BCUT2D eigenvalue weighted by Gasteiger charge is 2.18. The summed E-state index contributed by atoms with van der Waals surface area (Å²) in [6.45, 7) is 9.91. The van der Waals surface area contributed by atoms with Gasteiger partial charge in [-0.2, -0.15) is 0 Å². The summed E-state index contributed by atoms with van der Waals surface area (Å²) in [5.41, 5.74) is 0.924. The standard InChI is InChI=1S/C27H32O8/c1-26(2,3)34-24(30)16-32-22-9-7-18(12-20(22)14-28)11-19-8-10-23(21(13-19)15-29)33-17-25(31)35-27(4,5)6/h7-10,12-15H,11,16-17H2,1-6H3. The van der Waals surface area contributed by atoms with E-state index in [-0.39, 0.29) is 24.7 Å². The van der Waals surface area contributed by atoms with Gasteiger partial charge in [0.25, 0.3) is 0 Å². The molecule has 0 radical (unpaired) electrons. The molecule has 2 aromatic carbocycles. The first-order chi connectivity index (χ1) is 16.3. The highest BCUT2D eigenvalue weighted by molar-refractivity contribution is 5.81. The quantitative estimate of drug-likeness (QED) is 0.362. The van der Waals surface area contributed by atoms with Crippen LogP contribution in [0.25, 0.3) is 0 Å². The van der Waals surface area contributed by atoms with Gasteiger partial charge in [0.1, 0.15) is 22.7 Å². The van der Waals surface area contributed by atoms with E-state index in [2.05, 4.69) is 0 Å². The van der Waals surface area contributed by atoms with E-state index < -0.39 is 23.1 Å². The number of rotatable bonds is 10.